The van der Waals surface area contributed by atoms with Crippen molar-refractivity contribution in [2.24, 2.45) is 0 Å². The number of hydrogen-bond acceptors (Lipinski definition) is 8. The SMILES string of the molecule is CNS(=O)(=O)c1cc(Cl)cc(-c2nc(C(C)(C)C)[nH]c2-c2ccnc(NC[C@H](C)NC(=O)OC)n2)c1. The standard InChI is InChI=1S/C23H30ClN7O4S/c1-13(28-22(32)35-6)12-27-21-26-8-7-17(29-21)19-18(30-20(31-19)23(2,3)4)14-9-15(24)11-16(10-14)36(33,34)25-5/h7-11,13,25H,12H2,1-6H3,(H,28,32)(H,30,31)(H,26,27,29)/t13-/m0/s1. The molecule has 3 rings (SSSR count). The summed E-state index contributed by atoms with van der Waals surface area (Å²) in [6.45, 7) is 8.21. The number of H-pyrrole nitrogens is 1. The molecule has 0 saturated heterocycles. The van der Waals surface area contributed by atoms with Gasteiger partial charge in [-0.25, -0.2) is 32.9 Å². The zero-order valence-electron chi connectivity index (χ0n) is 20.9. The number of imidazole rings is 1. The minimum absolute atomic E-state index is 0.0240. The van der Waals surface area contributed by atoms with E-state index < -0.39 is 16.1 Å². The van der Waals surface area contributed by atoms with Crippen LogP contribution in [0.15, 0.2) is 35.4 Å². The Balaban J connectivity index is 2.05. The summed E-state index contributed by atoms with van der Waals surface area (Å²) in [5.41, 5.74) is 1.81. The highest BCUT2D eigenvalue weighted by molar-refractivity contribution is 7.89. The second kappa shape index (κ2) is 10.8. The third-order valence-corrected chi connectivity index (χ3v) is 6.78. The Labute approximate surface area is 215 Å². The van der Waals surface area contributed by atoms with Gasteiger partial charge in [0.15, 0.2) is 0 Å². The molecule has 2 aromatic heterocycles. The Kier molecular flexibility index (Phi) is 8.22. The number of nitrogens with zero attached hydrogens (tertiary/aromatic N) is 3. The number of nitrogens with one attached hydrogen (secondary N) is 4. The van der Waals surface area contributed by atoms with Crippen molar-refractivity contribution in [3.05, 3.63) is 41.3 Å². The van der Waals surface area contributed by atoms with Gasteiger partial charge in [0.05, 0.1) is 29.1 Å². The average molecular weight is 536 g/mol. The fourth-order valence-corrected chi connectivity index (χ4v) is 4.33. The summed E-state index contributed by atoms with van der Waals surface area (Å²) >= 11 is 6.30. The molecule has 3 aromatic rings. The molecule has 0 bridgehead atoms. The van der Waals surface area contributed by atoms with E-state index in [4.69, 9.17) is 16.6 Å². The quantitative estimate of drug-likeness (QED) is 0.342. The Bertz CT molecular complexity index is 1350. The van der Waals surface area contributed by atoms with E-state index in [1.54, 1.807) is 18.3 Å². The number of rotatable bonds is 8. The third kappa shape index (κ3) is 6.50. The molecule has 2 heterocycles. The fourth-order valence-electron chi connectivity index (χ4n) is 3.23. The van der Waals surface area contributed by atoms with Crippen LogP contribution in [0.2, 0.25) is 5.02 Å². The first kappa shape index (κ1) is 27.4. The van der Waals surface area contributed by atoms with Gasteiger partial charge in [0.1, 0.15) is 5.82 Å². The summed E-state index contributed by atoms with van der Waals surface area (Å²) in [5, 5.41) is 6.01. The normalized spacial score (nSPS) is 12.8. The first-order chi connectivity index (χ1) is 16.8. The van der Waals surface area contributed by atoms with E-state index >= 15 is 0 Å². The molecule has 0 aliphatic heterocycles. The van der Waals surface area contributed by atoms with Gasteiger partial charge in [-0.1, -0.05) is 32.4 Å². The van der Waals surface area contributed by atoms with Gasteiger partial charge in [-0.2, -0.15) is 0 Å². The smallest absolute Gasteiger partial charge is 0.407 e. The van der Waals surface area contributed by atoms with E-state index in [-0.39, 0.29) is 21.4 Å². The summed E-state index contributed by atoms with van der Waals surface area (Å²) in [7, 11) is -1.09. The number of amides is 1. The van der Waals surface area contributed by atoms with Gasteiger partial charge in [-0.3, -0.25) is 0 Å². The number of aromatic amines is 1. The van der Waals surface area contributed by atoms with Crippen LogP contribution in [0, 0.1) is 0 Å². The molecule has 0 saturated carbocycles. The Morgan fingerprint density at radius 3 is 2.58 bits per heavy atom. The molecule has 0 aliphatic rings. The molecule has 1 atom stereocenters. The molecular weight excluding hydrogens is 506 g/mol. The molecule has 194 valence electrons. The second-order valence-corrected chi connectivity index (χ2v) is 11.4. The van der Waals surface area contributed by atoms with Gasteiger partial charge in [-0.05, 0) is 38.2 Å². The topological polar surface area (TPSA) is 151 Å². The lowest BCUT2D eigenvalue weighted by Gasteiger charge is -2.14. The maximum Gasteiger partial charge on any atom is 0.407 e. The van der Waals surface area contributed by atoms with Gasteiger partial charge in [0.25, 0.3) is 0 Å². The van der Waals surface area contributed by atoms with Crippen LogP contribution in [-0.4, -0.2) is 61.2 Å². The molecule has 11 nitrogen and oxygen atoms in total. The average Bonchev–Trinajstić information content (AvgIpc) is 3.29. The molecule has 0 spiro atoms. The van der Waals surface area contributed by atoms with E-state index in [9.17, 15) is 13.2 Å². The van der Waals surface area contributed by atoms with Gasteiger partial charge >= 0.3 is 6.09 Å². The van der Waals surface area contributed by atoms with Crippen molar-refractivity contribution in [1.29, 1.82) is 0 Å². The van der Waals surface area contributed by atoms with Crippen molar-refractivity contribution in [1.82, 2.24) is 30.0 Å². The zero-order valence-corrected chi connectivity index (χ0v) is 22.5. The second-order valence-electron chi connectivity index (χ2n) is 9.13. The summed E-state index contributed by atoms with van der Waals surface area (Å²) < 4.78 is 31.8. The van der Waals surface area contributed by atoms with E-state index in [2.05, 4.69) is 35.0 Å². The van der Waals surface area contributed by atoms with Crippen molar-refractivity contribution in [2.75, 3.05) is 26.0 Å². The predicted octanol–water partition coefficient (Wildman–Crippen LogP) is 3.55. The maximum absolute atomic E-state index is 12.5. The number of halogens is 1. The number of carbonyl (C=O) groups excluding carboxylic acids is 1. The maximum atomic E-state index is 12.5. The van der Waals surface area contributed by atoms with Gasteiger partial charge in [0, 0.05) is 34.8 Å². The minimum atomic E-state index is -3.73. The Hall–Kier alpha value is -3.22. The molecule has 0 radical (unpaired) electrons. The van der Waals surface area contributed by atoms with Crippen LogP contribution < -0.4 is 15.4 Å². The van der Waals surface area contributed by atoms with Crippen LogP contribution in [0.4, 0.5) is 10.7 Å². The van der Waals surface area contributed by atoms with Gasteiger partial charge in [-0.15, -0.1) is 0 Å². The summed E-state index contributed by atoms with van der Waals surface area (Å²) in [5.74, 6) is 1.03. The molecule has 0 unspecified atom stereocenters. The van der Waals surface area contributed by atoms with Crippen molar-refractivity contribution in [3.8, 4) is 22.6 Å². The Morgan fingerprint density at radius 2 is 1.94 bits per heavy atom. The van der Waals surface area contributed by atoms with Crippen molar-refractivity contribution in [2.45, 2.75) is 44.0 Å². The molecule has 13 heteroatoms. The predicted molar refractivity (Wildman–Crippen MR) is 138 cm³/mol. The number of methoxy groups -OCH3 is 1. The van der Waals surface area contributed by atoms with Crippen molar-refractivity contribution in [3.63, 3.8) is 0 Å². The first-order valence-corrected chi connectivity index (χ1v) is 13.0. The lowest BCUT2D eigenvalue weighted by atomic mass is 9.96. The van der Waals surface area contributed by atoms with Crippen LogP contribution in [0.5, 0.6) is 0 Å². The van der Waals surface area contributed by atoms with Crippen LogP contribution in [-0.2, 0) is 20.2 Å². The lowest BCUT2D eigenvalue weighted by molar-refractivity contribution is 0.168. The molecule has 1 amide bonds. The molecular formula is C23H30ClN7O4S. The van der Waals surface area contributed by atoms with Crippen LogP contribution in [0.25, 0.3) is 22.6 Å². The molecule has 4 N–H and O–H groups in total. The van der Waals surface area contributed by atoms with Crippen LogP contribution in [0.1, 0.15) is 33.5 Å². The van der Waals surface area contributed by atoms with E-state index in [0.717, 1.165) is 0 Å². The minimum Gasteiger partial charge on any atom is -0.453 e. The van der Waals surface area contributed by atoms with Crippen molar-refractivity contribution < 1.29 is 17.9 Å². The van der Waals surface area contributed by atoms with Crippen molar-refractivity contribution >= 4 is 33.7 Å². The molecule has 0 aliphatic carbocycles. The fraction of sp³-hybridized carbons (Fsp3) is 0.391. The van der Waals surface area contributed by atoms with E-state index in [0.29, 0.717) is 41.0 Å². The number of hydrogen-bond donors (Lipinski definition) is 4. The highest BCUT2D eigenvalue weighted by Gasteiger charge is 2.25. The number of benzene rings is 1. The summed E-state index contributed by atoms with van der Waals surface area (Å²) in [4.78, 5) is 28.4. The Morgan fingerprint density at radius 1 is 1.22 bits per heavy atom. The highest BCUT2D eigenvalue weighted by Crippen LogP contribution is 2.35. The largest absolute Gasteiger partial charge is 0.453 e. The number of anilines is 1. The van der Waals surface area contributed by atoms with E-state index in [1.807, 2.05) is 27.7 Å². The number of aromatic nitrogens is 4. The number of alkyl carbamates (subject to hydrolysis) is 1. The third-order valence-electron chi connectivity index (χ3n) is 5.17. The van der Waals surface area contributed by atoms with E-state index in [1.165, 1.54) is 26.3 Å². The van der Waals surface area contributed by atoms with Gasteiger partial charge < -0.3 is 20.4 Å². The summed E-state index contributed by atoms with van der Waals surface area (Å²) in [6.07, 6.45) is 1.07. The summed E-state index contributed by atoms with van der Waals surface area (Å²) in [6, 6.07) is 6.04. The molecule has 36 heavy (non-hydrogen) atoms. The molecule has 0 fully saturated rings. The van der Waals surface area contributed by atoms with Gasteiger partial charge in [0.2, 0.25) is 16.0 Å². The number of sulfonamides is 1. The first-order valence-electron chi connectivity index (χ1n) is 11.1. The molecule has 1 aromatic carbocycles. The highest BCUT2D eigenvalue weighted by atomic mass is 35.5. The monoisotopic (exact) mass is 535 g/mol. The van der Waals surface area contributed by atoms with Crippen LogP contribution in [0.3, 0.4) is 0 Å². The number of carbonyl (C=O) groups is 1. The zero-order chi connectivity index (χ0) is 26.7. The lowest BCUT2D eigenvalue weighted by Crippen LogP contribution is -2.37. The number of ether oxygens (including phenoxy) is 1. The van der Waals surface area contributed by atoms with Crippen LogP contribution >= 0.6 is 11.6 Å².